The number of thiophene rings is 1. The van der Waals surface area contributed by atoms with Gasteiger partial charge in [-0.1, -0.05) is 0 Å². The van der Waals surface area contributed by atoms with Crippen LogP contribution in [0.25, 0.3) is 20.8 Å². The standard InChI is InChI=1S/C26H27FN6O3S/c27-24-20(4-3-17(31-26(28)34)23(24)16-1-2-16)36-21-5-6-29-18-13-22(37-25(18)21)19-14-33(15-30-19)8-7-32-9-11-35-12-10-32/h3-6,13-16H,1-2,7-12H2,(H3,28,31,34). The predicted molar refractivity (Wildman–Crippen MR) is 140 cm³/mol. The van der Waals surface area contributed by atoms with Gasteiger partial charge in [-0.2, -0.15) is 0 Å². The van der Waals surface area contributed by atoms with Crippen LogP contribution in [0.4, 0.5) is 14.9 Å². The normalized spacial score (nSPS) is 16.2. The first-order chi connectivity index (χ1) is 18.0. The van der Waals surface area contributed by atoms with Gasteiger partial charge in [-0.05, 0) is 37.0 Å². The van der Waals surface area contributed by atoms with Crippen LogP contribution in [-0.4, -0.2) is 58.3 Å². The molecule has 9 nitrogen and oxygen atoms in total. The molecular formula is C26H27FN6O3S. The summed E-state index contributed by atoms with van der Waals surface area (Å²) in [7, 11) is 0. The molecule has 0 radical (unpaired) electrons. The molecule has 2 amide bonds. The molecule has 6 rings (SSSR count). The molecule has 3 N–H and O–H groups in total. The van der Waals surface area contributed by atoms with E-state index in [1.54, 1.807) is 18.3 Å². The molecule has 37 heavy (non-hydrogen) atoms. The Morgan fingerprint density at radius 1 is 1.19 bits per heavy atom. The Morgan fingerprint density at radius 2 is 2.03 bits per heavy atom. The molecule has 1 aromatic carbocycles. The Labute approximate surface area is 217 Å². The van der Waals surface area contributed by atoms with Gasteiger partial charge in [0.1, 0.15) is 5.75 Å². The van der Waals surface area contributed by atoms with Crippen LogP contribution < -0.4 is 15.8 Å². The smallest absolute Gasteiger partial charge is 0.316 e. The third-order valence-corrected chi connectivity index (χ3v) is 7.81. The number of ether oxygens (including phenoxy) is 2. The van der Waals surface area contributed by atoms with Crippen molar-refractivity contribution in [2.45, 2.75) is 25.3 Å². The molecule has 1 saturated heterocycles. The van der Waals surface area contributed by atoms with Crippen molar-refractivity contribution < 1.29 is 18.7 Å². The van der Waals surface area contributed by atoms with Crippen molar-refractivity contribution in [3.8, 4) is 22.1 Å². The van der Waals surface area contributed by atoms with Gasteiger partial charge in [0.2, 0.25) is 0 Å². The number of amides is 2. The van der Waals surface area contributed by atoms with E-state index in [0.29, 0.717) is 17.0 Å². The van der Waals surface area contributed by atoms with Crippen molar-refractivity contribution in [3.63, 3.8) is 0 Å². The minimum Gasteiger partial charge on any atom is -0.453 e. The first kappa shape index (κ1) is 23.8. The quantitative estimate of drug-likeness (QED) is 0.345. The highest BCUT2D eigenvalue weighted by molar-refractivity contribution is 7.22. The van der Waals surface area contributed by atoms with Crippen LogP contribution in [0.1, 0.15) is 24.3 Å². The van der Waals surface area contributed by atoms with Crippen molar-refractivity contribution in [3.05, 3.63) is 54.4 Å². The van der Waals surface area contributed by atoms with Crippen LogP contribution in [0.5, 0.6) is 11.5 Å². The first-order valence-corrected chi connectivity index (χ1v) is 13.1. The highest BCUT2D eigenvalue weighted by atomic mass is 32.1. The second-order valence-corrected chi connectivity index (χ2v) is 10.3. The summed E-state index contributed by atoms with van der Waals surface area (Å²) in [5, 5.41) is 2.53. The lowest BCUT2D eigenvalue weighted by Crippen LogP contribution is -2.38. The monoisotopic (exact) mass is 522 g/mol. The van der Waals surface area contributed by atoms with Gasteiger partial charge in [-0.3, -0.25) is 9.88 Å². The number of nitrogens with two attached hydrogens (primary N) is 1. The van der Waals surface area contributed by atoms with Crippen LogP contribution in [-0.2, 0) is 11.3 Å². The molecule has 0 atom stereocenters. The van der Waals surface area contributed by atoms with E-state index in [2.05, 4.69) is 24.8 Å². The van der Waals surface area contributed by atoms with E-state index in [-0.39, 0.29) is 11.7 Å². The summed E-state index contributed by atoms with van der Waals surface area (Å²) in [6, 6.07) is 6.14. The molecule has 1 aliphatic heterocycles. The maximum Gasteiger partial charge on any atom is 0.316 e. The lowest BCUT2D eigenvalue weighted by atomic mass is 10.1. The van der Waals surface area contributed by atoms with Gasteiger partial charge in [-0.25, -0.2) is 14.2 Å². The summed E-state index contributed by atoms with van der Waals surface area (Å²) in [4.78, 5) is 23.8. The number of hydrogen-bond acceptors (Lipinski definition) is 7. The second kappa shape index (κ2) is 10.1. The Kier molecular flexibility index (Phi) is 6.49. The van der Waals surface area contributed by atoms with E-state index in [1.165, 1.54) is 17.4 Å². The SMILES string of the molecule is NC(=O)Nc1ccc(Oc2ccnc3cc(-c4cn(CCN5CCOCC5)cn4)sc23)c(F)c1C1CC1. The van der Waals surface area contributed by atoms with Crippen molar-refractivity contribution in [1.29, 1.82) is 0 Å². The highest BCUT2D eigenvalue weighted by Crippen LogP contribution is 2.47. The third-order valence-electron chi connectivity index (χ3n) is 6.65. The van der Waals surface area contributed by atoms with Gasteiger partial charge in [0.05, 0.1) is 40.3 Å². The predicted octanol–water partition coefficient (Wildman–Crippen LogP) is 4.79. The minimum atomic E-state index is -0.722. The van der Waals surface area contributed by atoms with Gasteiger partial charge in [0.15, 0.2) is 11.6 Å². The largest absolute Gasteiger partial charge is 0.453 e. The Hall–Kier alpha value is -3.54. The zero-order valence-corrected chi connectivity index (χ0v) is 21.0. The number of morpholine rings is 1. The molecule has 2 fully saturated rings. The van der Waals surface area contributed by atoms with Crippen LogP contribution >= 0.6 is 11.3 Å². The summed E-state index contributed by atoms with van der Waals surface area (Å²) in [6.45, 7) is 5.29. The van der Waals surface area contributed by atoms with E-state index >= 15 is 4.39 Å². The maximum atomic E-state index is 15.5. The zero-order valence-electron chi connectivity index (χ0n) is 20.2. The summed E-state index contributed by atoms with van der Waals surface area (Å²) in [5.41, 5.74) is 7.72. The van der Waals surface area contributed by atoms with Gasteiger partial charge in [-0.15, -0.1) is 11.3 Å². The van der Waals surface area contributed by atoms with E-state index in [9.17, 15) is 4.79 Å². The maximum absolute atomic E-state index is 15.5. The number of imidazole rings is 1. The number of benzene rings is 1. The molecule has 0 unspecified atom stereocenters. The lowest BCUT2D eigenvalue weighted by Gasteiger charge is -2.26. The van der Waals surface area contributed by atoms with Gasteiger partial charge in [0, 0.05) is 55.9 Å². The number of fused-ring (bicyclic) bond motifs is 1. The number of hydrogen-bond donors (Lipinski definition) is 2. The number of nitrogens with zero attached hydrogens (tertiary/aromatic N) is 4. The zero-order chi connectivity index (χ0) is 25.4. The number of nitrogens with one attached hydrogen (secondary N) is 1. The first-order valence-electron chi connectivity index (χ1n) is 12.3. The van der Waals surface area contributed by atoms with Crippen LogP contribution in [0.3, 0.4) is 0 Å². The third kappa shape index (κ3) is 5.15. The molecule has 4 aromatic rings. The topological polar surface area (TPSA) is 108 Å². The molecule has 0 bridgehead atoms. The molecule has 11 heteroatoms. The number of aromatic nitrogens is 3. The van der Waals surface area contributed by atoms with E-state index in [4.69, 9.17) is 15.2 Å². The fourth-order valence-corrected chi connectivity index (χ4v) is 5.62. The molecule has 3 aromatic heterocycles. The van der Waals surface area contributed by atoms with Crippen LogP contribution in [0.15, 0.2) is 43.0 Å². The number of carbonyl (C=O) groups excluding carboxylic acids is 1. The highest BCUT2D eigenvalue weighted by Gasteiger charge is 2.31. The fourth-order valence-electron chi connectivity index (χ4n) is 4.60. The van der Waals surface area contributed by atoms with Gasteiger partial charge >= 0.3 is 6.03 Å². The van der Waals surface area contributed by atoms with Crippen molar-refractivity contribution >= 4 is 33.3 Å². The average molecular weight is 523 g/mol. The summed E-state index contributed by atoms with van der Waals surface area (Å²) >= 11 is 1.51. The Bertz CT molecular complexity index is 1440. The molecule has 1 saturated carbocycles. The number of rotatable bonds is 8. The summed E-state index contributed by atoms with van der Waals surface area (Å²) < 4.78 is 29.9. The van der Waals surface area contributed by atoms with Gasteiger partial charge in [0.25, 0.3) is 0 Å². The van der Waals surface area contributed by atoms with Crippen molar-refractivity contribution in [2.75, 3.05) is 38.2 Å². The molecule has 1 aliphatic carbocycles. The minimum absolute atomic E-state index is 0.0505. The van der Waals surface area contributed by atoms with Crippen molar-refractivity contribution in [2.24, 2.45) is 5.73 Å². The number of carbonyl (C=O) groups is 1. The molecule has 2 aliphatic rings. The van der Waals surface area contributed by atoms with E-state index in [1.807, 2.05) is 18.6 Å². The average Bonchev–Trinajstić information content (AvgIpc) is 3.44. The Morgan fingerprint density at radius 3 is 2.81 bits per heavy atom. The molecule has 0 spiro atoms. The molecular weight excluding hydrogens is 495 g/mol. The van der Waals surface area contributed by atoms with E-state index < -0.39 is 11.8 Å². The molecule has 192 valence electrons. The second-order valence-electron chi connectivity index (χ2n) is 9.29. The Balaban J connectivity index is 1.23. The summed E-state index contributed by atoms with van der Waals surface area (Å²) in [5.74, 6) is 0.195. The van der Waals surface area contributed by atoms with Crippen molar-refractivity contribution in [1.82, 2.24) is 19.4 Å². The van der Waals surface area contributed by atoms with Crippen LogP contribution in [0, 0.1) is 5.82 Å². The fraction of sp³-hybridized carbons (Fsp3) is 0.346. The number of anilines is 1. The number of urea groups is 1. The van der Waals surface area contributed by atoms with E-state index in [0.717, 1.165) is 73.0 Å². The van der Waals surface area contributed by atoms with Gasteiger partial charge < -0.3 is 25.1 Å². The lowest BCUT2D eigenvalue weighted by molar-refractivity contribution is 0.0364. The number of halogens is 1. The molecule has 4 heterocycles. The number of primary amides is 1. The van der Waals surface area contributed by atoms with Crippen LogP contribution in [0.2, 0.25) is 0 Å². The number of pyridine rings is 1. The summed E-state index contributed by atoms with van der Waals surface area (Å²) in [6.07, 6.45) is 7.26.